The molecule has 3 heterocycles. The zero-order valence-electron chi connectivity index (χ0n) is 21.2. The van der Waals surface area contributed by atoms with E-state index in [1.807, 2.05) is 19.9 Å². The van der Waals surface area contributed by atoms with Gasteiger partial charge in [0.05, 0.1) is 17.5 Å². The summed E-state index contributed by atoms with van der Waals surface area (Å²) in [5, 5.41) is 6.81. The van der Waals surface area contributed by atoms with Crippen LogP contribution in [-0.2, 0) is 28.7 Å². The molecule has 12 heteroatoms. The number of rotatable bonds is 7. The number of benzene rings is 1. The van der Waals surface area contributed by atoms with Crippen LogP contribution in [-0.4, -0.2) is 69.2 Å². The van der Waals surface area contributed by atoms with Crippen molar-refractivity contribution < 1.29 is 28.7 Å². The number of fused-ring (bicyclic) bond motifs is 2. The van der Waals surface area contributed by atoms with Gasteiger partial charge >= 0.3 is 11.9 Å². The Labute approximate surface area is 223 Å². The first-order valence-corrected chi connectivity index (χ1v) is 13.0. The molecule has 1 aromatic carbocycles. The average Bonchev–Trinajstić information content (AvgIpc) is 3.07. The Kier molecular flexibility index (Phi) is 7.31. The van der Waals surface area contributed by atoms with Gasteiger partial charge in [-0.15, -0.1) is 11.8 Å². The first-order chi connectivity index (χ1) is 17.3. The maximum Gasteiger partial charge on any atom is 0.333 e. The van der Waals surface area contributed by atoms with Gasteiger partial charge in [0.1, 0.15) is 17.5 Å². The second-order valence-corrected chi connectivity index (χ2v) is 12.6. The van der Waals surface area contributed by atoms with Gasteiger partial charge in [-0.1, -0.05) is 11.6 Å². The monoisotopic (exact) mass is 548 g/mol. The minimum atomic E-state index is -0.871. The van der Waals surface area contributed by atoms with Gasteiger partial charge in [0.15, 0.2) is 0 Å². The zero-order valence-corrected chi connectivity index (χ0v) is 22.7. The normalized spacial score (nSPS) is 22.2. The number of β-lactam (4-membered cyclic amide) rings is 1. The molecule has 37 heavy (non-hydrogen) atoms. The molecule has 198 valence electrons. The Morgan fingerprint density at radius 2 is 1.92 bits per heavy atom. The van der Waals surface area contributed by atoms with Crippen LogP contribution in [0.1, 0.15) is 34.6 Å². The standard InChI is InChI=1S/C25H29ClN4O6S/c1-24(2,3)23(34)36-12-35-22(33)19-25(4,5)37-21-18(20(32)30(19)21)29-17(31)11-28-15-8-9-27-16-10-13(26)6-7-14(15)16/h6-10,18-19,21H,11-12H2,1-5H3,(H,27,28)(H,29,31)/t18-,19+,21-/m1/s1. The molecule has 2 fully saturated rings. The fraction of sp³-hybridized carbons (Fsp3) is 0.480. The van der Waals surface area contributed by atoms with Crippen molar-refractivity contribution in [3.63, 3.8) is 0 Å². The molecule has 0 aliphatic carbocycles. The molecule has 2 aromatic rings. The van der Waals surface area contributed by atoms with Crippen molar-refractivity contribution in [1.29, 1.82) is 0 Å². The molecule has 2 aliphatic rings. The predicted molar refractivity (Wildman–Crippen MR) is 140 cm³/mol. The lowest BCUT2D eigenvalue weighted by molar-refractivity contribution is -0.180. The molecule has 2 N–H and O–H groups in total. The van der Waals surface area contributed by atoms with Crippen molar-refractivity contribution in [2.45, 2.75) is 56.8 Å². The summed E-state index contributed by atoms with van der Waals surface area (Å²) in [7, 11) is 0. The maximum absolute atomic E-state index is 12.9. The molecule has 0 spiro atoms. The molecule has 2 saturated heterocycles. The average molecular weight is 549 g/mol. The van der Waals surface area contributed by atoms with Gasteiger partial charge in [-0.3, -0.25) is 19.4 Å². The highest BCUT2D eigenvalue weighted by Crippen LogP contribution is 2.51. The molecule has 0 radical (unpaired) electrons. The van der Waals surface area contributed by atoms with Crippen molar-refractivity contribution >= 4 is 63.7 Å². The fourth-order valence-electron chi connectivity index (χ4n) is 4.24. The summed E-state index contributed by atoms with van der Waals surface area (Å²) >= 11 is 7.44. The van der Waals surface area contributed by atoms with E-state index in [2.05, 4.69) is 15.6 Å². The molecule has 0 saturated carbocycles. The summed E-state index contributed by atoms with van der Waals surface area (Å²) in [6, 6.07) is 5.42. The van der Waals surface area contributed by atoms with Gasteiger partial charge in [0.2, 0.25) is 18.6 Å². The number of thioether (sulfide) groups is 1. The molecular formula is C25H29ClN4O6S. The topological polar surface area (TPSA) is 127 Å². The van der Waals surface area contributed by atoms with Crippen LogP contribution in [0.5, 0.6) is 0 Å². The second kappa shape index (κ2) is 10.0. The van der Waals surface area contributed by atoms with Crippen LogP contribution in [0.2, 0.25) is 5.02 Å². The van der Waals surface area contributed by atoms with Gasteiger partial charge in [-0.2, -0.15) is 0 Å². The lowest BCUT2D eigenvalue weighted by Gasteiger charge is -2.43. The third-order valence-electron chi connectivity index (χ3n) is 6.13. The van der Waals surface area contributed by atoms with E-state index in [-0.39, 0.29) is 18.4 Å². The van der Waals surface area contributed by atoms with E-state index in [1.54, 1.807) is 45.2 Å². The highest BCUT2D eigenvalue weighted by molar-refractivity contribution is 8.01. The van der Waals surface area contributed by atoms with Crippen LogP contribution in [0.25, 0.3) is 10.9 Å². The maximum atomic E-state index is 12.9. The van der Waals surface area contributed by atoms with E-state index in [9.17, 15) is 19.2 Å². The minimum absolute atomic E-state index is 0.0586. The second-order valence-electron chi connectivity index (χ2n) is 10.4. The number of nitrogens with zero attached hydrogens (tertiary/aromatic N) is 2. The number of carbonyl (C=O) groups excluding carboxylic acids is 4. The number of carbonyl (C=O) groups is 4. The van der Waals surface area contributed by atoms with Gasteiger partial charge < -0.3 is 25.0 Å². The molecule has 0 unspecified atom stereocenters. The Morgan fingerprint density at radius 1 is 1.19 bits per heavy atom. The Balaban J connectivity index is 1.33. The smallest absolute Gasteiger partial charge is 0.333 e. The fourth-order valence-corrected chi connectivity index (χ4v) is 6.03. The molecule has 2 amide bonds. The van der Waals surface area contributed by atoms with Crippen LogP contribution in [0.4, 0.5) is 5.69 Å². The van der Waals surface area contributed by atoms with E-state index in [1.165, 1.54) is 16.7 Å². The lowest BCUT2D eigenvalue weighted by Crippen LogP contribution is -2.71. The van der Waals surface area contributed by atoms with Crippen molar-refractivity contribution in [2.24, 2.45) is 5.41 Å². The van der Waals surface area contributed by atoms with Crippen LogP contribution in [0.15, 0.2) is 30.5 Å². The van der Waals surface area contributed by atoms with Crippen LogP contribution in [0.3, 0.4) is 0 Å². The Hall–Kier alpha value is -3.05. The third kappa shape index (κ3) is 5.47. The number of anilines is 1. The van der Waals surface area contributed by atoms with E-state index < -0.39 is 46.4 Å². The van der Waals surface area contributed by atoms with Crippen molar-refractivity contribution in [3.8, 4) is 0 Å². The van der Waals surface area contributed by atoms with E-state index >= 15 is 0 Å². The van der Waals surface area contributed by atoms with Crippen LogP contribution in [0, 0.1) is 5.41 Å². The molecule has 4 rings (SSSR count). The van der Waals surface area contributed by atoms with Gasteiger partial charge in [-0.05, 0) is 58.9 Å². The van der Waals surface area contributed by atoms with E-state index in [0.717, 1.165) is 5.39 Å². The van der Waals surface area contributed by atoms with Crippen LogP contribution >= 0.6 is 23.4 Å². The molecule has 3 atom stereocenters. The van der Waals surface area contributed by atoms with Gasteiger partial charge in [-0.25, -0.2) is 4.79 Å². The van der Waals surface area contributed by atoms with Crippen LogP contribution < -0.4 is 10.6 Å². The Bertz CT molecular complexity index is 1260. The Morgan fingerprint density at radius 3 is 2.62 bits per heavy atom. The summed E-state index contributed by atoms with van der Waals surface area (Å²) in [5.41, 5.74) is 0.675. The number of hydrogen-bond acceptors (Lipinski definition) is 9. The number of ether oxygens (including phenoxy) is 2. The third-order valence-corrected chi connectivity index (χ3v) is 7.94. The van der Waals surface area contributed by atoms with Gasteiger partial charge in [0, 0.05) is 27.0 Å². The first-order valence-electron chi connectivity index (χ1n) is 11.7. The number of aromatic nitrogens is 1. The molecule has 0 bridgehead atoms. The number of amides is 2. The summed E-state index contributed by atoms with van der Waals surface area (Å²) < 4.78 is 9.52. The highest BCUT2D eigenvalue weighted by atomic mass is 35.5. The predicted octanol–water partition coefficient (Wildman–Crippen LogP) is 2.94. The van der Waals surface area contributed by atoms with Gasteiger partial charge in [0.25, 0.3) is 0 Å². The quantitative estimate of drug-likeness (QED) is 0.305. The summed E-state index contributed by atoms with van der Waals surface area (Å²) in [6.07, 6.45) is 1.62. The summed E-state index contributed by atoms with van der Waals surface area (Å²) in [5.74, 6) is -1.89. The number of hydrogen-bond donors (Lipinski definition) is 2. The zero-order chi connectivity index (χ0) is 27.1. The summed E-state index contributed by atoms with van der Waals surface area (Å²) in [4.78, 5) is 56.0. The molecule has 2 aliphatic heterocycles. The molecule has 1 aromatic heterocycles. The van der Waals surface area contributed by atoms with Crippen molar-refractivity contribution in [3.05, 3.63) is 35.5 Å². The largest absolute Gasteiger partial charge is 0.427 e. The number of pyridine rings is 1. The summed E-state index contributed by atoms with van der Waals surface area (Å²) in [6.45, 7) is 8.15. The number of halogens is 1. The van der Waals surface area contributed by atoms with E-state index in [4.69, 9.17) is 21.1 Å². The highest BCUT2D eigenvalue weighted by Gasteiger charge is 2.64. The van der Waals surface area contributed by atoms with Crippen molar-refractivity contribution in [2.75, 3.05) is 18.7 Å². The van der Waals surface area contributed by atoms with E-state index in [0.29, 0.717) is 16.2 Å². The first kappa shape index (κ1) is 27.0. The number of nitrogens with one attached hydrogen (secondary N) is 2. The lowest BCUT2D eigenvalue weighted by atomic mass is 9.96. The van der Waals surface area contributed by atoms with Crippen molar-refractivity contribution in [1.82, 2.24) is 15.2 Å². The molecular weight excluding hydrogens is 520 g/mol. The molecule has 10 nitrogen and oxygen atoms in total. The number of esters is 2. The SMILES string of the molecule is CC(C)(C)C(=O)OCOC(=O)[C@@H]1N2C(=O)[C@@H](NC(=O)CNc3ccnc4cc(Cl)ccc34)[C@H]2SC1(C)C. The minimum Gasteiger partial charge on any atom is -0.427 e.